The smallest absolute Gasteiger partial charge is 0.410 e. The van der Waals surface area contributed by atoms with Crippen LogP contribution in [0.4, 0.5) is 10.7 Å². The van der Waals surface area contributed by atoms with E-state index in [1.54, 1.807) is 11.1 Å². The number of piperidine rings is 1. The van der Waals surface area contributed by atoms with Gasteiger partial charge >= 0.3 is 6.09 Å². The summed E-state index contributed by atoms with van der Waals surface area (Å²) in [7, 11) is 0. The largest absolute Gasteiger partial charge is 0.444 e. The molecule has 1 atom stereocenters. The molecular formula is C16H25ClN4O2. The maximum atomic E-state index is 12.2. The summed E-state index contributed by atoms with van der Waals surface area (Å²) < 4.78 is 5.44. The molecule has 0 aromatic carbocycles. The SMILES string of the molecule is Cc1cnc(NCC2CCCN(C(=O)OC(C)(C)C)C2)nc1Cl. The lowest BCUT2D eigenvalue weighted by atomic mass is 9.98. The summed E-state index contributed by atoms with van der Waals surface area (Å²) in [5.74, 6) is 0.870. The molecule has 23 heavy (non-hydrogen) atoms. The number of nitrogens with one attached hydrogen (secondary N) is 1. The Morgan fingerprint density at radius 3 is 2.91 bits per heavy atom. The van der Waals surface area contributed by atoms with Gasteiger partial charge in [0, 0.05) is 31.4 Å². The number of carbonyl (C=O) groups is 1. The van der Waals surface area contributed by atoms with Crippen molar-refractivity contribution >= 4 is 23.6 Å². The average molecular weight is 341 g/mol. The monoisotopic (exact) mass is 340 g/mol. The quantitative estimate of drug-likeness (QED) is 0.853. The van der Waals surface area contributed by atoms with E-state index >= 15 is 0 Å². The van der Waals surface area contributed by atoms with Crippen molar-refractivity contribution in [2.24, 2.45) is 5.92 Å². The van der Waals surface area contributed by atoms with Crippen LogP contribution in [-0.2, 0) is 4.74 Å². The molecule has 1 fully saturated rings. The summed E-state index contributed by atoms with van der Waals surface area (Å²) in [5, 5.41) is 3.66. The molecule has 1 aromatic heterocycles. The number of hydrogen-bond acceptors (Lipinski definition) is 5. The van der Waals surface area contributed by atoms with Crippen LogP contribution in [0.5, 0.6) is 0 Å². The maximum absolute atomic E-state index is 12.2. The predicted octanol–water partition coefficient (Wildman–Crippen LogP) is 3.50. The van der Waals surface area contributed by atoms with Gasteiger partial charge in [0.25, 0.3) is 0 Å². The van der Waals surface area contributed by atoms with E-state index in [9.17, 15) is 4.79 Å². The Morgan fingerprint density at radius 1 is 1.52 bits per heavy atom. The van der Waals surface area contributed by atoms with Gasteiger partial charge in [-0.05, 0) is 46.5 Å². The molecule has 0 spiro atoms. The molecule has 0 radical (unpaired) electrons. The highest BCUT2D eigenvalue weighted by Gasteiger charge is 2.27. The highest BCUT2D eigenvalue weighted by molar-refractivity contribution is 6.30. The van der Waals surface area contributed by atoms with Crippen molar-refractivity contribution < 1.29 is 9.53 Å². The Balaban J connectivity index is 1.86. The van der Waals surface area contributed by atoms with Crippen molar-refractivity contribution in [3.8, 4) is 0 Å². The third-order valence-electron chi connectivity index (χ3n) is 3.63. The first kappa shape index (κ1) is 17.8. The van der Waals surface area contributed by atoms with Crippen LogP contribution in [0.2, 0.25) is 5.15 Å². The Hall–Kier alpha value is -1.56. The minimum atomic E-state index is -0.464. The van der Waals surface area contributed by atoms with Crippen molar-refractivity contribution in [2.75, 3.05) is 25.0 Å². The van der Waals surface area contributed by atoms with E-state index in [2.05, 4.69) is 15.3 Å². The fraction of sp³-hybridized carbons (Fsp3) is 0.688. The Bertz CT molecular complexity index is 560. The van der Waals surface area contributed by atoms with Gasteiger partial charge in [0.05, 0.1) is 0 Å². The molecule has 128 valence electrons. The first-order valence-corrected chi connectivity index (χ1v) is 8.33. The van der Waals surface area contributed by atoms with Gasteiger partial charge in [-0.25, -0.2) is 14.8 Å². The molecule has 1 amide bonds. The van der Waals surface area contributed by atoms with Gasteiger partial charge in [-0.2, -0.15) is 0 Å². The van der Waals surface area contributed by atoms with Gasteiger partial charge in [-0.3, -0.25) is 0 Å². The number of ether oxygens (including phenoxy) is 1. The van der Waals surface area contributed by atoms with Crippen molar-refractivity contribution in [1.29, 1.82) is 0 Å². The Morgan fingerprint density at radius 2 is 2.26 bits per heavy atom. The molecule has 0 bridgehead atoms. The Labute approximate surface area is 142 Å². The van der Waals surface area contributed by atoms with Gasteiger partial charge in [0.15, 0.2) is 0 Å². The van der Waals surface area contributed by atoms with E-state index in [4.69, 9.17) is 16.3 Å². The van der Waals surface area contributed by atoms with Crippen LogP contribution in [0.25, 0.3) is 0 Å². The van der Waals surface area contributed by atoms with Crippen LogP contribution < -0.4 is 5.32 Å². The molecule has 1 aromatic rings. The summed E-state index contributed by atoms with van der Waals surface area (Å²) in [4.78, 5) is 22.4. The number of carbonyl (C=O) groups excluding carboxylic acids is 1. The molecule has 7 heteroatoms. The van der Waals surface area contributed by atoms with Crippen molar-refractivity contribution in [1.82, 2.24) is 14.9 Å². The number of aryl methyl sites for hydroxylation is 1. The number of amides is 1. The molecule has 1 N–H and O–H groups in total. The predicted molar refractivity (Wildman–Crippen MR) is 90.8 cm³/mol. The lowest BCUT2D eigenvalue weighted by Gasteiger charge is -2.34. The molecule has 1 saturated heterocycles. The molecule has 2 heterocycles. The summed E-state index contributed by atoms with van der Waals surface area (Å²) in [6.07, 6.45) is 3.50. The number of nitrogens with zero attached hydrogens (tertiary/aromatic N) is 3. The minimum absolute atomic E-state index is 0.239. The first-order valence-electron chi connectivity index (χ1n) is 7.95. The van der Waals surface area contributed by atoms with Gasteiger partial charge in [-0.1, -0.05) is 11.6 Å². The summed E-state index contributed by atoms with van der Waals surface area (Å²) >= 11 is 6.00. The minimum Gasteiger partial charge on any atom is -0.444 e. The van der Waals surface area contributed by atoms with Crippen molar-refractivity contribution in [2.45, 2.75) is 46.1 Å². The second kappa shape index (κ2) is 7.34. The first-order chi connectivity index (χ1) is 10.7. The van der Waals surface area contributed by atoms with Crippen molar-refractivity contribution in [3.05, 3.63) is 16.9 Å². The topological polar surface area (TPSA) is 67.4 Å². The Kier molecular flexibility index (Phi) is 5.68. The highest BCUT2D eigenvalue weighted by atomic mass is 35.5. The normalized spacial score (nSPS) is 18.7. The zero-order valence-corrected chi connectivity index (χ0v) is 15.0. The second-order valence-corrected chi connectivity index (χ2v) is 7.34. The number of anilines is 1. The highest BCUT2D eigenvalue weighted by Crippen LogP contribution is 2.20. The van der Waals surface area contributed by atoms with Crippen LogP contribution in [0.3, 0.4) is 0 Å². The summed E-state index contributed by atoms with van der Waals surface area (Å²) in [6, 6.07) is 0. The third kappa shape index (κ3) is 5.53. The number of rotatable bonds is 3. The molecule has 2 rings (SSSR count). The van der Waals surface area contributed by atoms with Gasteiger partial charge < -0.3 is 15.0 Å². The molecular weight excluding hydrogens is 316 g/mol. The zero-order valence-electron chi connectivity index (χ0n) is 14.2. The number of aromatic nitrogens is 2. The number of hydrogen-bond donors (Lipinski definition) is 1. The van der Waals surface area contributed by atoms with Crippen LogP contribution in [0, 0.1) is 12.8 Å². The van der Waals surface area contributed by atoms with E-state index in [-0.39, 0.29) is 6.09 Å². The third-order valence-corrected chi connectivity index (χ3v) is 4.01. The van der Waals surface area contributed by atoms with E-state index < -0.39 is 5.60 Å². The summed E-state index contributed by atoms with van der Waals surface area (Å²) in [6.45, 7) is 9.65. The molecule has 1 aliphatic heterocycles. The molecule has 6 nitrogen and oxygen atoms in total. The van der Waals surface area contributed by atoms with E-state index in [0.717, 1.165) is 24.9 Å². The van der Waals surface area contributed by atoms with E-state index in [1.807, 2.05) is 27.7 Å². The summed E-state index contributed by atoms with van der Waals surface area (Å²) in [5.41, 5.74) is 0.389. The fourth-order valence-electron chi connectivity index (χ4n) is 2.47. The molecule has 1 unspecified atom stereocenters. The average Bonchev–Trinajstić information content (AvgIpc) is 2.47. The lowest BCUT2D eigenvalue weighted by Crippen LogP contribution is -2.44. The van der Waals surface area contributed by atoms with Gasteiger partial charge in [0.1, 0.15) is 10.8 Å². The van der Waals surface area contributed by atoms with Crippen LogP contribution in [0.15, 0.2) is 6.20 Å². The van der Waals surface area contributed by atoms with Crippen molar-refractivity contribution in [3.63, 3.8) is 0 Å². The molecule has 0 saturated carbocycles. The van der Waals surface area contributed by atoms with Crippen LogP contribution in [0.1, 0.15) is 39.2 Å². The molecule has 1 aliphatic rings. The van der Waals surface area contributed by atoms with Gasteiger partial charge in [0.2, 0.25) is 5.95 Å². The number of likely N-dealkylation sites (tertiary alicyclic amines) is 1. The van der Waals surface area contributed by atoms with Crippen LogP contribution in [-0.4, -0.2) is 46.2 Å². The fourth-order valence-corrected chi connectivity index (χ4v) is 2.59. The standard InChI is InChI=1S/C16H25ClN4O2/c1-11-8-18-14(20-13(11)17)19-9-12-6-5-7-21(10-12)15(22)23-16(2,3)4/h8,12H,5-7,9-10H2,1-4H3,(H,18,19,20). The van der Waals surface area contributed by atoms with Crippen LogP contribution >= 0.6 is 11.6 Å². The van der Waals surface area contributed by atoms with E-state index in [0.29, 0.717) is 30.1 Å². The van der Waals surface area contributed by atoms with E-state index in [1.165, 1.54) is 0 Å². The number of halogens is 1. The second-order valence-electron chi connectivity index (χ2n) is 6.98. The lowest BCUT2D eigenvalue weighted by molar-refractivity contribution is 0.0172. The maximum Gasteiger partial charge on any atom is 0.410 e. The molecule has 0 aliphatic carbocycles. The zero-order chi connectivity index (χ0) is 17.0. The van der Waals surface area contributed by atoms with Gasteiger partial charge in [-0.15, -0.1) is 0 Å².